The van der Waals surface area contributed by atoms with E-state index in [1.54, 1.807) is 23.5 Å². The monoisotopic (exact) mass is 365 g/mol. The normalized spacial score (nSPS) is 17.3. The van der Waals surface area contributed by atoms with Crippen molar-refractivity contribution < 1.29 is 9.90 Å². The van der Waals surface area contributed by atoms with Crippen molar-refractivity contribution in [2.75, 3.05) is 5.32 Å². The number of carboxylic acid groups (broad SMARTS) is 1. The highest BCUT2D eigenvalue weighted by Crippen LogP contribution is 2.40. The van der Waals surface area contributed by atoms with Crippen molar-refractivity contribution in [2.45, 2.75) is 32.2 Å². The van der Waals surface area contributed by atoms with Gasteiger partial charge in [-0.05, 0) is 71.4 Å². The van der Waals surface area contributed by atoms with Crippen LogP contribution >= 0.6 is 27.3 Å². The van der Waals surface area contributed by atoms with Crippen molar-refractivity contribution in [3.05, 3.63) is 49.6 Å². The van der Waals surface area contributed by atoms with Gasteiger partial charge in [0.2, 0.25) is 0 Å². The Hall–Kier alpha value is -1.33. The molecule has 0 saturated heterocycles. The first-order valence-corrected chi connectivity index (χ1v) is 8.54. The van der Waals surface area contributed by atoms with E-state index >= 15 is 0 Å². The third-order valence-corrected chi connectivity index (χ3v) is 5.69. The minimum Gasteiger partial charge on any atom is -0.478 e. The SMILES string of the molecule is Cc1c(NC2CCCc3sc(Br)cc32)cccc1C(=O)O. The van der Waals surface area contributed by atoms with Crippen LogP contribution in [0.1, 0.15) is 45.2 Å². The molecule has 2 aromatic rings. The zero-order valence-corrected chi connectivity index (χ0v) is 14.1. The largest absolute Gasteiger partial charge is 0.478 e. The Morgan fingerprint density at radius 2 is 2.29 bits per heavy atom. The van der Waals surface area contributed by atoms with E-state index in [-0.39, 0.29) is 6.04 Å². The summed E-state index contributed by atoms with van der Waals surface area (Å²) in [5, 5.41) is 12.8. The number of aryl methyl sites for hydroxylation is 1. The highest BCUT2D eigenvalue weighted by atomic mass is 79.9. The molecule has 0 aliphatic heterocycles. The number of thiophene rings is 1. The topological polar surface area (TPSA) is 49.3 Å². The summed E-state index contributed by atoms with van der Waals surface area (Å²) in [5.41, 5.74) is 3.42. The minimum atomic E-state index is -0.876. The lowest BCUT2D eigenvalue weighted by Gasteiger charge is -2.25. The summed E-state index contributed by atoms with van der Waals surface area (Å²) in [6.45, 7) is 1.86. The molecule has 2 N–H and O–H groups in total. The van der Waals surface area contributed by atoms with E-state index in [0.717, 1.165) is 34.3 Å². The van der Waals surface area contributed by atoms with Crippen LogP contribution < -0.4 is 5.32 Å². The molecular formula is C16H16BrNO2S. The van der Waals surface area contributed by atoms with Gasteiger partial charge in [0.25, 0.3) is 0 Å². The lowest BCUT2D eigenvalue weighted by atomic mass is 9.93. The van der Waals surface area contributed by atoms with Crippen molar-refractivity contribution in [1.82, 2.24) is 0 Å². The number of carbonyl (C=O) groups is 1. The number of benzene rings is 1. The first kappa shape index (κ1) is 14.6. The van der Waals surface area contributed by atoms with Crippen LogP contribution in [0.4, 0.5) is 5.69 Å². The summed E-state index contributed by atoms with van der Waals surface area (Å²) in [6, 6.07) is 7.85. The number of hydrogen-bond donors (Lipinski definition) is 2. The molecule has 1 atom stereocenters. The number of halogens is 1. The average Bonchev–Trinajstić information content (AvgIpc) is 2.82. The standard InChI is InChI=1S/C16H16BrNO2S/c1-9-10(16(19)20)4-2-5-12(9)18-13-6-3-7-14-11(13)8-15(17)21-14/h2,4-5,8,13,18H,3,6-7H2,1H3,(H,19,20). The van der Waals surface area contributed by atoms with Gasteiger partial charge in [-0.2, -0.15) is 0 Å². The quantitative estimate of drug-likeness (QED) is 0.803. The lowest BCUT2D eigenvalue weighted by molar-refractivity contribution is 0.0696. The van der Waals surface area contributed by atoms with Crippen LogP contribution in [0.15, 0.2) is 28.1 Å². The summed E-state index contributed by atoms with van der Waals surface area (Å²) in [7, 11) is 0. The lowest BCUT2D eigenvalue weighted by Crippen LogP contribution is -2.16. The maximum Gasteiger partial charge on any atom is 0.336 e. The molecule has 5 heteroatoms. The Bertz CT molecular complexity index is 696. The number of nitrogens with one attached hydrogen (secondary N) is 1. The minimum absolute atomic E-state index is 0.263. The van der Waals surface area contributed by atoms with E-state index in [4.69, 9.17) is 0 Å². The van der Waals surface area contributed by atoms with Gasteiger partial charge in [-0.3, -0.25) is 0 Å². The Balaban J connectivity index is 1.91. The number of hydrogen-bond acceptors (Lipinski definition) is 3. The molecule has 3 nitrogen and oxygen atoms in total. The molecule has 21 heavy (non-hydrogen) atoms. The van der Waals surface area contributed by atoms with Crippen molar-refractivity contribution >= 4 is 38.9 Å². The molecule has 1 aromatic heterocycles. The Labute approximate surface area is 136 Å². The molecule has 0 saturated carbocycles. The van der Waals surface area contributed by atoms with Crippen LogP contribution in [0.3, 0.4) is 0 Å². The van der Waals surface area contributed by atoms with Crippen molar-refractivity contribution in [3.8, 4) is 0 Å². The second-order valence-corrected chi connectivity index (χ2v) is 7.82. The molecule has 3 rings (SSSR count). The molecule has 110 valence electrons. The third-order valence-electron chi connectivity index (χ3n) is 3.98. The van der Waals surface area contributed by atoms with Gasteiger partial charge in [-0.15, -0.1) is 11.3 Å². The first-order chi connectivity index (χ1) is 10.1. The van der Waals surface area contributed by atoms with Crippen LogP contribution in [0.25, 0.3) is 0 Å². The maximum atomic E-state index is 11.2. The molecule has 1 aliphatic carbocycles. The van der Waals surface area contributed by atoms with Gasteiger partial charge in [-0.25, -0.2) is 4.79 Å². The van der Waals surface area contributed by atoms with Gasteiger partial charge in [0.1, 0.15) is 0 Å². The van der Waals surface area contributed by atoms with Crippen LogP contribution in [0.2, 0.25) is 0 Å². The fourth-order valence-corrected chi connectivity index (χ4v) is 4.70. The van der Waals surface area contributed by atoms with Gasteiger partial charge in [0, 0.05) is 10.6 Å². The highest BCUT2D eigenvalue weighted by Gasteiger charge is 2.23. The summed E-state index contributed by atoms with van der Waals surface area (Å²) >= 11 is 5.36. The van der Waals surface area contributed by atoms with Crippen LogP contribution in [0, 0.1) is 6.92 Å². The Morgan fingerprint density at radius 1 is 1.48 bits per heavy atom. The summed E-state index contributed by atoms with van der Waals surface area (Å²) in [5.74, 6) is -0.876. The fourth-order valence-electron chi connectivity index (χ4n) is 2.88. The van der Waals surface area contributed by atoms with Gasteiger partial charge < -0.3 is 10.4 Å². The molecule has 0 fully saturated rings. The summed E-state index contributed by atoms with van der Waals surface area (Å²) < 4.78 is 1.16. The van der Waals surface area contributed by atoms with Crippen molar-refractivity contribution in [2.24, 2.45) is 0 Å². The van der Waals surface area contributed by atoms with E-state index in [0.29, 0.717) is 5.56 Å². The smallest absolute Gasteiger partial charge is 0.336 e. The molecule has 0 spiro atoms. The molecule has 1 unspecified atom stereocenters. The molecule has 0 amide bonds. The van der Waals surface area contributed by atoms with E-state index < -0.39 is 5.97 Å². The number of rotatable bonds is 3. The predicted octanol–water partition coefficient (Wildman–Crippen LogP) is 5.01. The van der Waals surface area contributed by atoms with Crippen LogP contribution in [-0.2, 0) is 6.42 Å². The highest BCUT2D eigenvalue weighted by molar-refractivity contribution is 9.11. The number of fused-ring (bicyclic) bond motifs is 1. The molecule has 0 bridgehead atoms. The van der Waals surface area contributed by atoms with Crippen molar-refractivity contribution in [3.63, 3.8) is 0 Å². The number of aromatic carboxylic acids is 1. The molecule has 1 aliphatic rings. The molecule has 0 radical (unpaired) electrons. The Kier molecular flexibility index (Phi) is 4.04. The summed E-state index contributed by atoms with van der Waals surface area (Å²) in [6.07, 6.45) is 3.38. The van der Waals surface area contributed by atoms with E-state index in [1.165, 1.54) is 10.4 Å². The van der Waals surface area contributed by atoms with Gasteiger partial charge in [0.05, 0.1) is 15.4 Å². The fraction of sp³-hybridized carbons (Fsp3) is 0.312. The van der Waals surface area contributed by atoms with E-state index in [9.17, 15) is 9.90 Å². The number of carboxylic acids is 1. The van der Waals surface area contributed by atoms with E-state index in [1.807, 2.05) is 13.0 Å². The molecule has 1 aromatic carbocycles. The van der Waals surface area contributed by atoms with Crippen LogP contribution in [-0.4, -0.2) is 11.1 Å². The first-order valence-electron chi connectivity index (χ1n) is 6.94. The van der Waals surface area contributed by atoms with Gasteiger partial charge >= 0.3 is 5.97 Å². The zero-order chi connectivity index (χ0) is 15.0. The summed E-state index contributed by atoms with van der Waals surface area (Å²) in [4.78, 5) is 12.7. The average molecular weight is 366 g/mol. The van der Waals surface area contributed by atoms with Gasteiger partial charge in [0.15, 0.2) is 0 Å². The van der Waals surface area contributed by atoms with Crippen molar-refractivity contribution in [1.29, 1.82) is 0 Å². The maximum absolute atomic E-state index is 11.2. The molecular weight excluding hydrogens is 350 g/mol. The number of anilines is 1. The Morgan fingerprint density at radius 3 is 3.05 bits per heavy atom. The second kappa shape index (κ2) is 5.81. The zero-order valence-electron chi connectivity index (χ0n) is 11.6. The van der Waals surface area contributed by atoms with Gasteiger partial charge in [-0.1, -0.05) is 6.07 Å². The second-order valence-electron chi connectivity index (χ2n) is 5.30. The third kappa shape index (κ3) is 2.85. The van der Waals surface area contributed by atoms with Crippen LogP contribution in [0.5, 0.6) is 0 Å². The predicted molar refractivity (Wildman–Crippen MR) is 89.5 cm³/mol. The van der Waals surface area contributed by atoms with E-state index in [2.05, 4.69) is 27.3 Å². The molecule has 1 heterocycles.